The Morgan fingerprint density at radius 2 is 1.67 bits per heavy atom. The van der Waals surface area contributed by atoms with Gasteiger partial charge >= 0.3 is 0 Å². The summed E-state index contributed by atoms with van der Waals surface area (Å²) in [7, 11) is 0. The van der Waals surface area contributed by atoms with Crippen LogP contribution in [0.1, 0.15) is 0 Å². The predicted molar refractivity (Wildman–Crippen MR) is 79.6 cm³/mol. The Morgan fingerprint density at radius 3 is 2.50 bits per heavy atom. The van der Waals surface area contributed by atoms with Gasteiger partial charge in [-0.05, 0) is 35.0 Å². The van der Waals surface area contributed by atoms with Crippen molar-refractivity contribution >= 4 is 54.0 Å². The third-order valence-corrected chi connectivity index (χ3v) is 4.46. The minimum absolute atomic E-state index is 0.551. The molecule has 2 aromatic carbocycles. The Labute approximate surface area is 113 Å². The molecule has 86 valence electrons. The molecule has 0 atom stereocenters. The monoisotopic (exact) mass is 269 g/mol. The summed E-state index contributed by atoms with van der Waals surface area (Å²) in [5.41, 5.74) is 1.01. The van der Waals surface area contributed by atoms with Crippen molar-refractivity contribution in [1.29, 1.82) is 0 Å². The summed E-state index contributed by atoms with van der Waals surface area (Å²) in [6.45, 7) is 0. The van der Waals surface area contributed by atoms with Crippen LogP contribution in [-0.2, 0) is 0 Å². The van der Waals surface area contributed by atoms with Crippen molar-refractivity contribution in [2.75, 3.05) is 0 Å². The molecule has 0 N–H and O–H groups in total. The van der Waals surface area contributed by atoms with Crippen LogP contribution in [-0.4, -0.2) is 4.98 Å². The Bertz CT molecular complexity index is 895. The first-order valence-electron chi connectivity index (χ1n) is 5.69. The van der Waals surface area contributed by atoms with Gasteiger partial charge in [0.05, 0.1) is 10.2 Å². The molecule has 3 heteroatoms. The normalized spacial score (nSPS) is 11.6. The Hall–Kier alpha value is -1.64. The largest absolute Gasteiger partial charge is 0.235 e. The molecule has 18 heavy (non-hydrogen) atoms. The highest BCUT2D eigenvalue weighted by Crippen LogP contribution is 2.35. The highest BCUT2D eigenvalue weighted by molar-refractivity contribution is 7.25. The fraction of sp³-hybridized carbons (Fsp3) is 0. The van der Waals surface area contributed by atoms with Crippen molar-refractivity contribution in [1.82, 2.24) is 4.98 Å². The zero-order valence-electron chi connectivity index (χ0n) is 9.35. The molecule has 2 heterocycles. The van der Waals surface area contributed by atoms with E-state index in [1.54, 1.807) is 11.3 Å². The van der Waals surface area contributed by atoms with E-state index < -0.39 is 0 Å². The van der Waals surface area contributed by atoms with E-state index in [1.807, 2.05) is 12.1 Å². The zero-order valence-corrected chi connectivity index (χ0v) is 10.9. The molecule has 0 saturated heterocycles. The van der Waals surface area contributed by atoms with Crippen molar-refractivity contribution < 1.29 is 0 Å². The molecule has 0 saturated carbocycles. The third-order valence-electron chi connectivity index (χ3n) is 3.15. The molecule has 0 aliphatic rings. The summed E-state index contributed by atoms with van der Waals surface area (Å²) >= 11 is 7.75. The van der Waals surface area contributed by atoms with Crippen molar-refractivity contribution in [2.45, 2.75) is 0 Å². The van der Waals surface area contributed by atoms with Gasteiger partial charge in [0.15, 0.2) is 0 Å². The maximum atomic E-state index is 5.99. The van der Waals surface area contributed by atoms with Gasteiger partial charge in [-0.3, -0.25) is 0 Å². The molecule has 1 nitrogen and oxygen atoms in total. The number of benzene rings is 2. The Balaban J connectivity index is 2.25. The first-order valence-corrected chi connectivity index (χ1v) is 6.88. The smallest absolute Gasteiger partial charge is 0.129 e. The summed E-state index contributed by atoms with van der Waals surface area (Å²) in [6, 6.07) is 16.7. The molecule has 0 aliphatic heterocycles. The van der Waals surface area contributed by atoms with Crippen LogP contribution in [0, 0.1) is 0 Å². The van der Waals surface area contributed by atoms with Crippen molar-refractivity contribution in [3.8, 4) is 0 Å². The van der Waals surface area contributed by atoms with Gasteiger partial charge in [-0.25, -0.2) is 4.98 Å². The van der Waals surface area contributed by atoms with Crippen molar-refractivity contribution in [3.63, 3.8) is 0 Å². The average molecular weight is 270 g/mol. The average Bonchev–Trinajstić information content (AvgIpc) is 2.73. The zero-order chi connectivity index (χ0) is 12.1. The number of fused-ring (bicyclic) bond motifs is 4. The van der Waals surface area contributed by atoms with E-state index in [0.29, 0.717) is 5.15 Å². The molecular formula is C15H8ClNS. The first-order chi connectivity index (χ1) is 8.81. The Morgan fingerprint density at radius 1 is 0.889 bits per heavy atom. The molecule has 0 spiro atoms. The topological polar surface area (TPSA) is 12.9 Å². The van der Waals surface area contributed by atoms with Gasteiger partial charge in [0.2, 0.25) is 0 Å². The quantitative estimate of drug-likeness (QED) is 0.397. The van der Waals surface area contributed by atoms with Gasteiger partial charge in [0, 0.05) is 10.1 Å². The highest BCUT2D eigenvalue weighted by Gasteiger charge is 2.08. The van der Waals surface area contributed by atoms with E-state index in [9.17, 15) is 0 Å². The fourth-order valence-corrected chi connectivity index (χ4v) is 3.53. The van der Waals surface area contributed by atoms with Crippen LogP contribution in [0.25, 0.3) is 31.1 Å². The van der Waals surface area contributed by atoms with Crippen LogP contribution in [0.3, 0.4) is 0 Å². The van der Waals surface area contributed by atoms with Crippen LogP contribution in [0.15, 0.2) is 48.5 Å². The van der Waals surface area contributed by atoms with E-state index in [4.69, 9.17) is 11.6 Å². The number of pyridine rings is 1. The number of nitrogens with zero attached hydrogens (tertiary/aromatic N) is 1. The summed E-state index contributed by atoms with van der Waals surface area (Å²) in [6.07, 6.45) is 0. The molecule has 0 unspecified atom stereocenters. The molecule has 0 radical (unpaired) electrons. The maximum absolute atomic E-state index is 5.99. The predicted octanol–water partition coefficient (Wildman–Crippen LogP) is 5.26. The molecule has 0 bridgehead atoms. The second-order valence-electron chi connectivity index (χ2n) is 4.28. The summed E-state index contributed by atoms with van der Waals surface area (Å²) in [5.74, 6) is 0. The lowest BCUT2D eigenvalue weighted by Gasteiger charge is -1.97. The molecule has 2 aromatic heterocycles. The molecule has 4 aromatic rings. The molecule has 0 fully saturated rings. The number of halogens is 1. The Kier molecular flexibility index (Phi) is 2.10. The van der Waals surface area contributed by atoms with Crippen LogP contribution < -0.4 is 0 Å². The van der Waals surface area contributed by atoms with Crippen molar-refractivity contribution in [2.24, 2.45) is 0 Å². The fourth-order valence-electron chi connectivity index (χ4n) is 2.31. The number of hydrogen-bond donors (Lipinski definition) is 0. The number of hydrogen-bond acceptors (Lipinski definition) is 2. The molecule has 0 aliphatic carbocycles. The number of aromatic nitrogens is 1. The summed E-state index contributed by atoms with van der Waals surface area (Å²) in [4.78, 5) is 4.45. The lowest BCUT2D eigenvalue weighted by atomic mass is 10.1. The number of rotatable bonds is 0. The third kappa shape index (κ3) is 1.43. The van der Waals surface area contributed by atoms with E-state index in [-0.39, 0.29) is 0 Å². The van der Waals surface area contributed by atoms with Gasteiger partial charge in [0.1, 0.15) is 5.15 Å². The molecule has 4 rings (SSSR count). The molecule has 0 amide bonds. The lowest BCUT2D eigenvalue weighted by Crippen LogP contribution is -1.76. The lowest BCUT2D eigenvalue weighted by molar-refractivity contribution is 1.44. The van der Waals surface area contributed by atoms with E-state index in [2.05, 4.69) is 41.4 Å². The van der Waals surface area contributed by atoms with Gasteiger partial charge in [-0.15, -0.1) is 11.3 Å². The second kappa shape index (κ2) is 3.67. The maximum Gasteiger partial charge on any atom is 0.129 e. The van der Waals surface area contributed by atoms with Crippen LogP contribution >= 0.6 is 22.9 Å². The second-order valence-corrected chi connectivity index (χ2v) is 5.75. The molecular weight excluding hydrogens is 262 g/mol. The van der Waals surface area contributed by atoms with E-state index in [1.165, 1.54) is 25.6 Å². The van der Waals surface area contributed by atoms with Crippen LogP contribution in [0.4, 0.5) is 0 Å². The van der Waals surface area contributed by atoms with Crippen LogP contribution in [0.5, 0.6) is 0 Å². The summed E-state index contributed by atoms with van der Waals surface area (Å²) in [5, 5.41) is 4.25. The standard InChI is InChI=1S/C15H8ClNS/c16-14-6-5-12-15(17-14)11-7-9-3-1-2-4-10(9)8-13(11)18-12/h1-8H. The van der Waals surface area contributed by atoms with Crippen molar-refractivity contribution in [3.05, 3.63) is 53.7 Å². The first kappa shape index (κ1) is 10.3. The highest BCUT2D eigenvalue weighted by atomic mass is 35.5. The minimum atomic E-state index is 0.551. The van der Waals surface area contributed by atoms with Gasteiger partial charge in [-0.2, -0.15) is 0 Å². The van der Waals surface area contributed by atoms with Crippen LogP contribution in [0.2, 0.25) is 5.15 Å². The van der Waals surface area contributed by atoms with Gasteiger partial charge < -0.3 is 0 Å². The SMILES string of the molecule is Clc1ccc2sc3cc4ccccc4cc3c2n1. The van der Waals surface area contributed by atoms with Gasteiger partial charge in [0.25, 0.3) is 0 Å². The number of thiophene rings is 1. The van der Waals surface area contributed by atoms with Gasteiger partial charge in [-0.1, -0.05) is 35.9 Å². The van der Waals surface area contributed by atoms with E-state index in [0.717, 1.165) is 5.52 Å². The summed E-state index contributed by atoms with van der Waals surface area (Å²) < 4.78 is 2.45. The minimum Gasteiger partial charge on any atom is -0.235 e. The van der Waals surface area contributed by atoms with E-state index >= 15 is 0 Å².